The van der Waals surface area contributed by atoms with Gasteiger partial charge >= 0.3 is 5.97 Å². The summed E-state index contributed by atoms with van der Waals surface area (Å²) in [5.41, 5.74) is 0. The summed E-state index contributed by atoms with van der Waals surface area (Å²) in [5, 5.41) is 0. The van der Waals surface area contributed by atoms with Gasteiger partial charge in [-0.05, 0) is 38.0 Å². The Balaban J connectivity index is 1.85. The Morgan fingerprint density at radius 2 is 2.06 bits per heavy atom. The van der Waals surface area contributed by atoms with Crippen LogP contribution in [0.3, 0.4) is 0 Å². The van der Waals surface area contributed by atoms with Crippen molar-refractivity contribution < 1.29 is 14.3 Å². The fourth-order valence-corrected chi connectivity index (χ4v) is 3.31. The van der Waals surface area contributed by atoms with E-state index < -0.39 is 0 Å². The van der Waals surface area contributed by atoms with Crippen LogP contribution < -0.4 is 0 Å². The SMILES string of the molecule is CCOC(=O)CN(C)C(=O)C1CC2CCC1C2. The standard InChI is InChI=1S/C13H21NO3/c1-3-17-12(15)8-14(2)13(16)11-7-9-4-5-10(11)6-9/h9-11H,3-8H2,1-2H3. The Kier molecular flexibility index (Phi) is 3.69. The first-order chi connectivity index (χ1) is 8.11. The van der Waals surface area contributed by atoms with E-state index in [4.69, 9.17) is 4.74 Å². The minimum atomic E-state index is -0.313. The predicted octanol–water partition coefficient (Wildman–Crippen LogP) is 1.44. The molecule has 2 aliphatic rings. The van der Waals surface area contributed by atoms with Crippen molar-refractivity contribution >= 4 is 11.9 Å². The second-order valence-electron chi connectivity index (χ2n) is 5.28. The second-order valence-corrected chi connectivity index (χ2v) is 5.28. The number of rotatable bonds is 4. The first-order valence-electron chi connectivity index (χ1n) is 6.52. The molecular formula is C13H21NO3. The molecule has 0 heterocycles. The van der Waals surface area contributed by atoms with Crippen molar-refractivity contribution in [2.24, 2.45) is 17.8 Å². The maximum atomic E-state index is 12.2. The highest BCUT2D eigenvalue weighted by Crippen LogP contribution is 2.48. The van der Waals surface area contributed by atoms with Crippen LogP contribution >= 0.6 is 0 Å². The molecule has 0 spiro atoms. The molecule has 2 rings (SSSR count). The maximum absolute atomic E-state index is 12.2. The Bertz CT molecular complexity index is 316. The van der Waals surface area contributed by atoms with E-state index in [0.717, 1.165) is 12.3 Å². The Morgan fingerprint density at radius 3 is 2.59 bits per heavy atom. The largest absolute Gasteiger partial charge is 0.465 e. The molecule has 4 nitrogen and oxygen atoms in total. The lowest BCUT2D eigenvalue weighted by molar-refractivity contribution is -0.149. The van der Waals surface area contributed by atoms with Crippen LogP contribution in [0, 0.1) is 17.8 Å². The number of nitrogens with zero attached hydrogens (tertiary/aromatic N) is 1. The fourth-order valence-electron chi connectivity index (χ4n) is 3.31. The lowest BCUT2D eigenvalue weighted by Crippen LogP contribution is -2.39. The highest BCUT2D eigenvalue weighted by Gasteiger charge is 2.44. The molecule has 0 N–H and O–H groups in total. The van der Waals surface area contributed by atoms with Crippen LogP contribution in [0.4, 0.5) is 0 Å². The quantitative estimate of drug-likeness (QED) is 0.697. The van der Waals surface area contributed by atoms with Crippen molar-refractivity contribution in [3.8, 4) is 0 Å². The van der Waals surface area contributed by atoms with Crippen molar-refractivity contribution in [2.45, 2.75) is 32.6 Å². The average Bonchev–Trinajstić information content (AvgIpc) is 2.89. The summed E-state index contributed by atoms with van der Waals surface area (Å²) < 4.78 is 4.85. The lowest BCUT2D eigenvalue weighted by atomic mass is 9.88. The van der Waals surface area contributed by atoms with Gasteiger partial charge in [-0.1, -0.05) is 6.42 Å². The van der Waals surface area contributed by atoms with Gasteiger partial charge in [-0.25, -0.2) is 0 Å². The van der Waals surface area contributed by atoms with E-state index in [1.54, 1.807) is 14.0 Å². The van der Waals surface area contributed by atoms with Crippen LogP contribution in [-0.2, 0) is 14.3 Å². The molecule has 2 saturated carbocycles. The van der Waals surface area contributed by atoms with Crippen molar-refractivity contribution in [1.82, 2.24) is 4.90 Å². The van der Waals surface area contributed by atoms with Gasteiger partial charge in [0, 0.05) is 13.0 Å². The molecule has 4 heteroatoms. The van der Waals surface area contributed by atoms with E-state index in [1.165, 1.54) is 24.2 Å². The Morgan fingerprint density at radius 1 is 1.29 bits per heavy atom. The molecule has 2 bridgehead atoms. The third-order valence-corrected chi connectivity index (χ3v) is 4.10. The number of fused-ring (bicyclic) bond motifs is 2. The second kappa shape index (κ2) is 5.07. The third-order valence-electron chi connectivity index (χ3n) is 4.10. The topological polar surface area (TPSA) is 46.6 Å². The molecule has 96 valence electrons. The number of carbonyl (C=O) groups excluding carboxylic acids is 2. The molecule has 0 aromatic heterocycles. The number of ether oxygens (including phenoxy) is 1. The fraction of sp³-hybridized carbons (Fsp3) is 0.846. The molecule has 2 fully saturated rings. The summed E-state index contributed by atoms with van der Waals surface area (Å²) >= 11 is 0. The zero-order chi connectivity index (χ0) is 12.4. The molecular weight excluding hydrogens is 218 g/mol. The van der Waals surface area contributed by atoms with Gasteiger partial charge < -0.3 is 9.64 Å². The van der Waals surface area contributed by atoms with E-state index in [9.17, 15) is 9.59 Å². The van der Waals surface area contributed by atoms with Crippen LogP contribution in [0.25, 0.3) is 0 Å². The minimum absolute atomic E-state index is 0.0839. The predicted molar refractivity (Wildman–Crippen MR) is 63.2 cm³/mol. The molecule has 1 amide bonds. The van der Waals surface area contributed by atoms with Gasteiger partial charge in [0.05, 0.1) is 6.61 Å². The van der Waals surface area contributed by atoms with Gasteiger partial charge in [0.1, 0.15) is 6.54 Å². The van der Waals surface area contributed by atoms with Crippen molar-refractivity contribution in [2.75, 3.05) is 20.2 Å². The number of carbonyl (C=O) groups is 2. The van der Waals surface area contributed by atoms with Crippen molar-refractivity contribution in [1.29, 1.82) is 0 Å². The summed E-state index contributed by atoms with van der Waals surface area (Å²) in [7, 11) is 1.70. The van der Waals surface area contributed by atoms with Crippen LogP contribution in [0.2, 0.25) is 0 Å². The zero-order valence-electron chi connectivity index (χ0n) is 10.6. The van der Waals surface area contributed by atoms with Gasteiger partial charge in [0.25, 0.3) is 0 Å². The van der Waals surface area contributed by atoms with Gasteiger partial charge in [0.15, 0.2) is 0 Å². The highest BCUT2D eigenvalue weighted by atomic mass is 16.5. The van der Waals surface area contributed by atoms with E-state index in [2.05, 4.69) is 0 Å². The molecule has 17 heavy (non-hydrogen) atoms. The Labute approximate surface area is 102 Å². The molecule has 0 saturated heterocycles. The monoisotopic (exact) mass is 239 g/mol. The normalized spacial score (nSPS) is 30.4. The lowest BCUT2D eigenvalue weighted by Gasteiger charge is -2.25. The first kappa shape index (κ1) is 12.4. The summed E-state index contributed by atoms with van der Waals surface area (Å²) in [6, 6.07) is 0. The molecule has 3 unspecified atom stereocenters. The summed E-state index contributed by atoms with van der Waals surface area (Å²) in [6.45, 7) is 2.23. The van der Waals surface area contributed by atoms with Gasteiger partial charge in [-0.2, -0.15) is 0 Å². The molecule has 3 atom stereocenters. The van der Waals surface area contributed by atoms with Gasteiger partial charge in [0.2, 0.25) is 5.91 Å². The van der Waals surface area contributed by atoms with Gasteiger partial charge in [-0.3, -0.25) is 9.59 Å². The molecule has 0 aromatic carbocycles. The Hall–Kier alpha value is -1.06. The summed E-state index contributed by atoms with van der Waals surface area (Å²) in [6.07, 6.45) is 4.71. The number of hydrogen-bond donors (Lipinski definition) is 0. The third kappa shape index (κ3) is 2.61. The molecule has 2 aliphatic carbocycles. The average molecular weight is 239 g/mol. The van der Waals surface area contributed by atoms with Crippen molar-refractivity contribution in [3.05, 3.63) is 0 Å². The molecule has 0 radical (unpaired) electrons. The molecule has 0 aliphatic heterocycles. The number of amides is 1. The minimum Gasteiger partial charge on any atom is -0.465 e. The van der Waals surface area contributed by atoms with E-state index in [-0.39, 0.29) is 24.3 Å². The number of hydrogen-bond acceptors (Lipinski definition) is 3. The maximum Gasteiger partial charge on any atom is 0.325 e. The van der Waals surface area contributed by atoms with Crippen molar-refractivity contribution in [3.63, 3.8) is 0 Å². The smallest absolute Gasteiger partial charge is 0.325 e. The van der Waals surface area contributed by atoms with E-state index in [0.29, 0.717) is 12.5 Å². The highest BCUT2D eigenvalue weighted by molar-refractivity contribution is 5.84. The van der Waals surface area contributed by atoms with Crippen LogP contribution in [0.15, 0.2) is 0 Å². The summed E-state index contributed by atoms with van der Waals surface area (Å²) in [5.74, 6) is 1.30. The molecule has 0 aromatic rings. The zero-order valence-corrected chi connectivity index (χ0v) is 10.6. The van der Waals surface area contributed by atoms with E-state index in [1.807, 2.05) is 0 Å². The summed E-state index contributed by atoms with van der Waals surface area (Å²) in [4.78, 5) is 25.0. The number of esters is 1. The number of likely N-dealkylation sites (N-methyl/N-ethyl adjacent to an activating group) is 1. The van der Waals surface area contributed by atoms with Crippen LogP contribution in [-0.4, -0.2) is 37.0 Å². The van der Waals surface area contributed by atoms with Crippen LogP contribution in [0.5, 0.6) is 0 Å². The van der Waals surface area contributed by atoms with E-state index >= 15 is 0 Å². The first-order valence-corrected chi connectivity index (χ1v) is 6.52. The van der Waals surface area contributed by atoms with Gasteiger partial charge in [-0.15, -0.1) is 0 Å². The van der Waals surface area contributed by atoms with Crippen LogP contribution in [0.1, 0.15) is 32.6 Å².